The molecular weight excluding hydrogens is 437 g/mol. The minimum Gasteiger partial charge on any atom is -0.435 e. The highest BCUT2D eigenvalue weighted by Gasteiger charge is 2.25. The maximum Gasteiger partial charge on any atom is 0.387 e. The molecule has 1 fully saturated rings. The van der Waals surface area contributed by atoms with Crippen LogP contribution in [0.25, 0.3) is 11.1 Å². The van der Waals surface area contributed by atoms with Crippen LogP contribution in [0.3, 0.4) is 0 Å². The molecule has 11 heteroatoms. The van der Waals surface area contributed by atoms with Crippen molar-refractivity contribution < 1.29 is 22.6 Å². The molecule has 0 bridgehead atoms. The summed E-state index contributed by atoms with van der Waals surface area (Å²) in [6, 6.07) is 7.81. The molecule has 33 heavy (non-hydrogen) atoms. The largest absolute Gasteiger partial charge is 0.435 e. The van der Waals surface area contributed by atoms with E-state index in [1.54, 1.807) is 25.1 Å². The summed E-state index contributed by atoms with van der Waals surface area (Å²) in [6.07, 6.45) is 1.09. The second-order valence-electron chi connectivity index (χ2n) is 7.80. The summed E-state index contributed by atoms with van der Waals surface area (Å²) >= 11 is 0. The number of anilines is 3. The number of hydrogen-bond donors (Lipinski definition) is 1. The van der Waals surface area contributed by atoms with Crippen molar-refractivity contribution in [3.63, 3.8) is 0 Å². The van der Waals surface area contributed by atoms with Crippen LogP contribution < -0.4 is 15.0 Å². The predicted octanol–water partition coefficient (Wildman–Crippen LogP) is 4.34. The predicted molar refractivity (Wildman–Crippen MR) is 116 cm³/mol. The van der Waals surface area contributed by atoms with Crippen LogP contribution in [0.2, 0.25) is 0 Å². The Morgan fingerprint density at radius 2 is 1.79 bits per heavy atom. The Kier molecular flexibility index (Phi) is 6.59. The number of aryl methyl sites for hydroxylation is 1. The molecule has 0 saturated carbocycles. The van der Waals surface area contributed by atoms with Gasteiger partial charge >= 0.3 is 6.61 Å². The normalized spacial score (nSPS) is 18.5. The number of rotatable bonds is 6. The van der Waals surface area contributed by atoms with Crippen molar-refractivity contribution in [3.8, 4) is 16.9 Å². The molecule has 0 spiro atoms. The fraction of sp³-hybridized carbons (Fsp3) is 0.364. The van der Waals surface area contributed by atoms with E-state index < -0.39 is 12.4 Å². The van der Waals surface area contributed by atoms with E-state index >= 15 is 0 Å². The van der Waals surface area contributed by atoms with Crippen molar-refractivity contribution in [1.82, 2.24) is 20.2 Å². The van der Waals surface area contributed by atoms with Gasteiger partial charge in [-0.15, -0.1) is 5.10 Å². The molecule has 4 rings (SSSR count). The van der Waals surface area contributed by atoms with E-state index in [4.69, 9.17) is 4.74 Å². The molecule has 8 nitrogen and oxygen atoms in total. The fourth-order valence-corrected chi connectivity index (χ4v) is 3.67. The standard InChI is InChI=1S/C22H23F3N6O2/c1-12-8-17(15-4-6-16(7-5-15)33-21(24)25)19(30-29-12)27-20-18(23)9-26-22(28-20)31-10-13(2)32-14(3)11-31/h4-9,13-14,21H,10-11H2,1-3H3,(H,26,27,28,30)/t13-,14+. The maximum absolute atomic E-state index is 14.6. The molecule has 2 atom stereocenters. The number of alkyl halides is 2. The molecule has 3 aromatic rings. The summed E-state index contributed by atoms with van der Waals surface area (Å²) in [5.74, 6) is -0.0418. The molecular formula is C22H23F3N6O2. The average Bonchev–Trinajstić information content (AvgIpc) is 2.76. The van der Waals surface area contributed by atoms with Crippen LogP contribution in [0.15, 0.2) is 36.5 Å². The third kappa shape index (κ3) is 5.48. The zero-order valence-electron chi connectivity index (χ0n) is 18.3. The summed E-state index contributed by atoms with van der Waals surface area (Å²) in [7, 11) is 0. The number of aromatic nitrogens is 4. The van der Waals surface area contributed by atoms with E-state index in [1.807, 2.05) is 18.7 Å². The molecule has 1 saturated heterocycles. The van der Waals surface area contributed by atoms with Crippen molar-refractivity contribution in [2.24, 2.45) is 0 Å². The molecule has 1 aromatic carbocycles. The van der Waals surface area contributed by atoms with Gasteiger partial charge in [-0.25, -0.2) is 9.37 Å². The van der Waals surface area contributed by atoms with Crippen molar-refractivity contribution >= 4 is 17.6 Å². The van der Waals surface area contributed by atoms with Crippen molar-refractivity contribution in [2.45, 2.75) is 39.6 Å². The van der Waals surface area contributed by atoms with E-state index in [-0.39, 0.29) is 29.6 Å². The Balaban J connectivity index is 1.63. The zero-order chi connectivity index (χ0) is 23.5. The van der Waals surface area contributed by atoms with Gasteiger partial charge in [-0.1, -0.05) is 12.1 Å². The first-order valence-electron chi connectivity index (χ1n) is 10.4. The van der Waals surface area contributed by atoms with Gasteiger partial charge in [0.15, 0.2) is 17.5 Å². The van der Waals surface area contributed by atoms with E-state index in [1.165, 1.54) is 12.1 Å². The van der Waals surface area contributed by atoms with Gasteiger partial charge in [0, 0.05) is 18.7 Å². The lowest BCUT2D eigenvalue weighted by Crippen LogP contribution is -2.46. The fourth-order valence-electron chi connectivity index (χ4n) is 3.67. The average molecular weight is 460 g/mol. The van der Waals surface area contributed by atoms with Gasteiger partial charge in [-0.3, -0.25) is 0 Å². The van der Waals surface area contributed by atoms with Crippen LogP contribution in [0.5, 0.6) is 5.75 Å². The summed E-state index contributed by atoms with van der Waals surface area (Å²) in [5.41, 5.74) is 1.88. The van der Waals surface area contributed by atoms with Crippen LogP contribution in [0.1, 0.15) is 19.5 Å². The number of hydrogen-bond acceptors (Lipinski definition) is 8. The lowest BCUT2D eigenvalue weighted by atomic mass is 10.1. The highest BCUT2D eigenvalue weighted by atomic mass is 19.3. The van der Waals surface area contributed by atoms with Crippen molar-refractivity contribution in [1.29, 1.82) is 0 Å². The van der Waals surface area contributed by atoms with Gasteiger partial charge in [0.25, 0.3) is 0 Å². The first kappa shape index (κ1) is 22.7. The summed E-state index contributed by atoms with van der Waals surface area (Å²) in [4.78, 5) is 10.4. The minimum absolute atomic E-state index is 0.00889. The van der Waals surface area contributed by atoms with E-state index in [2.05, 4.69) is 30.2 Å². The second kappa shape index (κ2) is 9.57. The Bertz CT molecular complexity index is 1110. The third-order valence-electron chi connectivity index (χ3n) is 4.98. The summed E-state index contributed by atoms with van der Waals surface area (Å²) < 4.78 is 49.6. The lowest BCUT2D eigenvalue weighted by molar-refractivity contribution is -0.0498. The quantitative estimate of drug-likeness (QED) is 0.582. The highest BCUT2D eigenvalue weighted by molar-refractivity contribution is 5.78. The number of morpholine rings is 1. The van der Waals surface area contributed by atoms with Crippen LogP contribution >= 0.6 is 0 Å². The summed E-state index contributed by atoms with van der Waals surface area (Å²) in [5, 5.41) is 11.1. The van der Waals surface area contributed by atoms with E-state index in [9.17, 15) is 13.2 Å². The molecule has 0 amide bonds. The van der Waals surface area contributed by atoms with Crippen LogP contribution in [-0.4, -0.2) is 52.1 Å². The Morgan fingerprint density at radius 3 is 2.45 bits per heavy atom. The van der Waals surface area contributed by atoms with Gasteiger partial charge in [0.1, 0.15) is 5.75 Å². The minimum atomic E-state index is -2.91. The van der Waals surface area contributed by atoms with Crippen LogP contribution in [-0.2, 0) is 4.74 Å². The van der Waals surface area contributed by atoms with E-state index in [0.717, 1.165) is 6.20 Å². The van der Waals surface area contributed by atoms with Gasteiger partial charge in [0.2, 0.25) is 5.95 Å². The van der Waals surface area contributed by atoms with Crippen molar-refractivity contribution in [2.75, 3.05) is 23.3 Å². The van der Waals surface area contributed by atoms with Gasteiger partial charge in [-0.2, -0.15) is 18.9 Å². The molecule has 174 valence electrons. The number of halogens is 3. The molecule has 1 aliphatic heterocycles. The van der Waals surface area contributed by atoms with Gasteiger partial charge in [-0.05, 0) is 44.5 Å². The number of nitrogens with zero attached hydrogens (tertiary/aromatic N) is 5. The molecule has 0 radical (unpaired) electrons. The first-order valence-corrected chi connectivity index (χ1v) is 10.4. The SMILES string of the molecule is Cc1cc(-c2ccc(OC(F)F)cc2)c(Nc2nc(N3C[C@@H](C)O[C@@H](C)C3)ncc2F)nn1. The van der Waals surface area contributed by atoms with Crippen LogP contribution in [0, 0.1) is 12.7 Å². The summed E-state index contributed by atoms with van der Waals surface area (Å²) in [6.45, 7) is 3.92. The Morgan fingerprint density at radius 1 is 1.09 bits per heavy atom. The Labute approximate surface area is 188 Å². The van der Waals surface area contributed by atoms with Gasteiger partial charge in [0.05, 0.1) is 24.1 Å². The second-order valence-corrected chi connectivity index (χ2v) is 7.80. The lowest BCUT2D eigenvalue weighted by Gasteiger charge is -2.35. The van der Waals surface area contributed by atoms with Crippen LogP contribution in [0.4, 0.5) is 30.8 Å². The number of nitrogens with one attached hydrogen (secondary N) is 1. The molecule has 0 aliphatic carbocycles. The highest BCUT2D eigenvalue weighted by Crippen LogP contribution is 2.31. The van der Waals surface area contributed by atoms with E-state index in [0.29, 0.717) is 35.9 Å². The molecule has 1 N–H and O–H groups in total. The molecule has 1 aliphatic rings. The number of benzene rings is 1. The maximum atomic E-state index is 14.6. The van der Waals surface area contributed by atoms with Crippen molar-refractivity contribution in [3.05, 3.63) is 48.0 Å². The van der Waals surface area contributed by atoms with Gasteiger partial charge < -0.3 is 19.7 Å². The zero-order valence-corrected chi connectivity index (χ0v) is 18.3. The molecule has 0 unspecified atom stereocenters. The number of ether oxygens (including phenoxy) is 2. The third-order valence-corrected chi connectivity index (χ3v) is 4.98. The Hall–Kier alpha value is -3.47. The smallest absolute Gasteiger partial charge is 0.387 e. The molecule has 3 heterocycles. The first-order chi connectivity index (χ1) is 15.8. The topological polar surface area (TPSA) is 85.3 Å². The molecule has 2 aromatic heterocycles. The monoisotopic (exact) mass is 460 g/mol.